The smallest absolute Gasteiger partial charge is 0.192 e. The molecule has 0 bridgehead atoms. The molecule has 0 aromatic rings. The summed E-state index contributed by atoms with van der Waals surface area (Å²) in [4.78, 5) is 0. The van der Waals surface area contributed by atoms with Crippen LogP contribution in [-0.4, -0.2) is 21.5 Å². The van der Waals surface area contributed by atoms with Crippen LogP contribution in [0.1, 0.15) is 20.8 Å². The van der Waals surface area contributed by atoms with Crippen molar-refractivity contribution in [2.45, 2.75) is 38.9 Å². The molecule has 1 heterocycles. The Labute approximate surface area is 88.9 Å². The summed E-state index contributed by atoms with van der Waals surface area (Å²) in [7, 11) is -1.53. The highest BCUT2D eigenvalue weighted by Gasteiger charge is 2.37. The quantitative estimate of drug-likeness (QED) is 0.728. The summed E-state index contributed by atoms with van der Waals surface area (Å²) in [5.74, 6) is 0.573. The SMILES string of the molecule is CC(C)(C)[Si](C)(C)OCC1C=CNC1. The van der Waals surface area contributed by atoms with Crippen LogP contribution in [0.25, 0.3) is 0 Å². The maximum atomic E-state index is 6.13. The molecule has 0 radical (unpaired) electrons. The Morgan fingerprint density at radius 2 is 2.07 bits per heavy atom. The summed E-state index contributed by atoms with van der Waals surface area (Å²) in [6.07, 6.45) is 4.23. The first-order chi connectivity index (χ1) is 6.33. The van der Waals surface area contributed by atoms with E-state index in [1.807, 2.05) is 6.20 Å². The van der Waals surface area contributed by atoms with E-state index in [0.29, 0.717) is 11.0 Å². The van der Waals surface area contributed by atoms with Crippen LogP contribution in [0.15, 0.2) is 12.3 Å². The summed E-state index contributed by atoms with van der Waals surface area (Å²) in [6.45, 7) is 13.4. The van der Waals surface area contributed by atoms with Crippen molar-refractivity contribution in [2.75, 3.05) is 13.2 Å². The predicted octanol–water partition coefficient (Wildman–Crippen LogP) is 2.74. The molecule has 1 atom stereocenters. The van der Waals surface area contributed by atoms with Crippen molar-refractivity contribution in [1.29, 1.82) is 0 Å². The van der Waals surface area contributed by atoms with E-state index in [1.165, 1.54) is 0 Å². The van der Waals surface area contributed by atoms with E-state index in [-0.39, 0.29) is 0 Å². The fraction of sp³-hybridized carbons (Fsp3) is 0.818. The molecule has 1 N–H and O–H groups in total. The van der Waals surface area contributed by atoms with Gasteiger partial charge in [-0.1, -0.05) is 26.8 Å². The van der Waals surface area contributed by atoms with Gasteiger partial charge in [0.25, 0.3) is 0 Å². The second kappa shape index (κ2) is 4.07. The average Bonchev–Trinajstić information content (AvgIpc) is 2.50. The summed E-state index contributed by atoms with van der Waals surface area (Å²) < 4.78 is 6.13. The van der Waals surface area contributed by atoms with Crippen LogP contribution >= 0.6 is 0 Å². The van der Waals surface area contributed by atoms with E-state index in [1.54, 1.807) is 0 Å². The van der Waals surface area contributed by atoms with Crippen molar-refractivity contribution in [3.8, 4) is 0 Å². The third-order valence-corrected chi connectivity index (χ3v) is 7.83. The molecule has 0 spiro atoms. The Kier molecular flexibility index (Phi) is 3.43. The molecule has 2 nitrogen and oxygen atoms in total. The summed E-state index contributed by atoms with van der Waals surface area (Å²) in [5, 5.41) is 3.52. The van der Waals surface area contributed by atoms with Gasteiger partial charge in [0, 0.05) is 19.1 Å². The van der Waals surface area contributed by atoms with E-state index in [9.17, 15) is 0 Å². The molecular formula is C11H23NOSi. The van der Waals surface area contributed by atoms with Gasteiger partial charge in [-0.15, -0.1) is 0 Å². The second-order valence-corrected chi connectivity index (χ2v) is 10.4. The Bertz CT molecular complexity index is 218. The van der Waals surface area contributed by atoms with Crippen LogP contribution < -0.4 is 5.32 Å². The van der Waals surface area contributed by atoms with E-state index in [0.717, 1.165) is 13.2 Å². The van der Waals surface area contributed by atoms with E-state index in [2.05, 4.69) is 45.3 Å². The van der Waals surface area contributed by atoms with Crippen LogP contribution in [0, 0.1) is 5.92 Å². The van der Waals surface area contributed by atoms with Gasteiger partial charge in [-0.2, -0.15) is 0 Å². The molecule has 0 saturated carbocycles. The number of nitrogens with one attached hydrogen (secondary N) is 1. The molecule has 1 aliphatic rings. The molecule has 0 aliphatic carbocycles. The zero-order chi connectivity index (χ0) is 10.8. The maximum Gasteiger partial charge on any atom is 0.192 e. The fourth-order valence-corrected chi connectivity index (χ4v) is 2.20. The molecular weight excluding hydrogens is 190 g/mol. The van der Waals surface area contributed by atoms with Gasteiger partial charge in [0.1, 0.15) is 0 Å². The van der Waals surface area contributed by atoms with Crippen molar-refractivity contribution < 1.29 is 4.43 Å². The Balaban J connectivity index is 2.39. The first-order valence-corrected chi connectivity index (χ1v) is 8.28. The molecule has 0 amide bonds. The molecule has 82 valence electrons. The number of hydrogen-bond acceptors (Lipinski definition) is 2. The van der Waals surface area contributed by atoms with Crippen molar-refractivity contribution in [2.24, 2.45) is 5.92 Å². The molecule has 0 saturated heterocycles. The predicted molar refractivity (Wildman–Crippen MR) is 63.8 cm³/mol. The Hall–Kier alpha value is -0.283. The monoisotopic (exact) mass is 213 g/mol. The Morgan fingerprint density at radius 1 is 1.43 bits per heavy atom. The largest absolute Gasteiger partial charge is 0.416 e. The van der Waals surface area contributed by atoms with Crippen molar-refractivity contribution in [3.05, 3.63) is 12.3 Å². The molecule has 1 rings (SSSR count). The third-order valence-electron chi connectivity index (χ3n) is 3.33. The van der Waals surface area contributed by atoms with Crippen LogP contribution in [0.5, 0.6) is 0 Å². The molecule has 0 aromatic carbocycles. The summed E-state index contributed by atoms with van der Waals surface area (Å²) in [5.41, 5.74) is 0. The minimum Gasteiger partial charge on any atom is -0.416 e. The van der Waals surface area contributed by atoms with Gasteiger partial charge < -0.3 is 9.74 Å². The lowest BCUT2D eigenvalue weighted by Crippen LogP contribution is -2.42. The molecule has 1 unspecified atom stereocenters. The molecule has 0 fully saturated rings. The van der Waals surface area contributed by atoms with Crippen LogP contribution in [0.4, 0.5) is 0 Å². The van der Waals surface area contributed by atoms with Crippen LogP contribution in [-0.2, 0) is 4.43 Å². The molecule has 3 heteroatoms. The lowest BCUT2D eigenvalue weighted by Gasteiger charge is -2.36. The van der Waals surface area contributed by atoms with Crippen molar-refractivity contribution >= 4 is 8.32 Å². The maximum absolute atomic E-state index is 6.13. The molecule has 0 aromatic heterocycles. The summed E-state index contributed by atoms with van der Waals surface area (Å²) in [6, 6.07) is 0. The normalized spacial score (nSPS) is 22.5. The van der Waals surface area contributed by atoms with Gasteiger partial charge in [0.15, 0.2) is 8.32 Å². The number of rotatable bonds is 3. The molecule has 1 aliphatic heterocycles. The summed E-state index contributed by atoms with van der Waals surface area (Å²) >= 11 is 0. The van der Waals surface area contributed by atoms with Gasteiger partial charge in [0.05, 0.1) is 0 Å². The zero-order valence-corrected chi connectivity index (χ0v) is 11.1. The lowest BCUT2D eigenvalue weighted by atomic mass is 10.2. The topological polar surface area (TPSA) is 21.3 Å². The minimum absolute atomic E-state index is 0.322. The van der Waals surface area contributed by atoms with Crippen molar-refractivity contribution in [3.63, 3.8) is 0 Å². The molecule has 14 heavy (non-hydrogen) atoms. The minimum atomic E-state index is -1.53. The van der Waals surface area contributed by atoms with E-state index in [4.69, 9.17) is 4.43 Å². The van der Waals surface area contributed by atoms with Crippen molar-refractivity contribution in [1.82, 2.24) is 5.32 Å². The van der Waals surface area contributed by atoms with Gasteiger partial charge in [-0.3, -0.25) is 0 Å². The third kappa shape index (κ3) is 2.85. The standard InChI is InChI=1S/C11H23NOSi/c1-11(2,3)14(4,5)13-9-10-6-7-12-8-10/h6-7,10,12H,8-9H2,1-5H3. The highest BCUT2D eigenvalue weighted by atomic mass is 28.4. The van der Waals surface area contributed by atoms with Gasteiger partial charge >= 0.3 is 0 Å². The van der Waals surface area contributed by atoms with Gasteiger partial charge in [-0.05, 0) is 24.3 Å². The first kappa shape index (κ1) is 11.8. The zero-order valence-electron chi connectivity index (χ0n) is 10.1. The fourth-order valence-electron chi connectivity index (χ4n) is 1.14. The van der Waals surface area contributed by atoms with Gasteiger partial charge in [0.2, 0.25) is 0 Å². The lowest BCUT2D eigenvalue weighted by molar-refractivity contribution is 0.255. The highest BCUT2D eigenvalue weighted by Crippen LogP contribution is 2.36. The first-order valence-electron chi connectivity index (χ1n) is 5.37. The highest BCUT2D eigenvalue weighted by molar-refractivity contribution is 6.74. The van der Waals surface area contributed by atoms with Crippen LogP contribution in [0.2, 0.25) is 18.1 Å². The Morgan fingerprint density at radius 3 is 2.50 bits per heavy atom. The number of hydrogen-bond donors (Lipinski definition) is 1. The average molecular weight is 213 g/mol. The van der Waals surface area contributed by atoms with Gasteiger partial charge in [-0.25, -0.2) is 0 Å². The van der Waals surface area contributed by atoms with E-state index >= 15 is 0 Å². The second-order valence-electron chi connectivity index (χ2n) is 5.60. The van der Waals surface area contributed by atoms with Crippen LogP contribution in [0.3, 0.4) is 0 Å². The van der Waals surface area contributed by atoms with E-state index < -0.39 is 8.32 Å².